The Morgan fingerprint density at radius 3 is 2.43 bits per heavy atom. The van der Waals surface area contributed by atoms with Crippen LogP contribution in [-0.2, 0) is 16.1 Å². The number of halogens is 1. The van der Waals surface area contributed by atoms with Crippen molar-refractivity contribution in [2.24, 2.45) is 5.73 Å². The molecule has 0 aliphatic rings. The van der Waals surface area contributed by atoms with Gasteiger partial charge < -0.3 is 20.1 Å². The first-order valence-corrected chi connectivity index (χ1v) is 8.78. The molecular formula is C20H17ClN2O5. The maximum absolute atomic E-state index is 12.5. The molecule has 0 aliphatic carbocycles. The molecular weight excluding hydrogens is 384 g/mol. The Bertz CT molecular complexity index is 1080. The van der Waals surface area contributed by atoms with Crippen molar-refractivity contribution in [3.05, 3.63) is 65.4 Å². The van der Waals surface area contributed by atoms with Gasteiger partial charge in [-0.3, -0.25) is 9.59 Å². The van der Waals surface area contributed by atoms with E-state index in [-0.39, 0.29) is 11.3 Å². The van der Waals surface area contributed by atoms with Crippen molar-refractivity contribution in [2.75, 3.05) is 0 Å². The van der Waals surface area contributed by atoms with E-state index < -0.39 is 23.2 Å². The third-order valence-electron chi connectivity index (χ3n) is 4.37. The third kappa shape index (κ3) is 3.57. The summed E-state index contributed by atoms with van der Waals surface area (Å²) in [6, 6.07) is 14.4. The number of aromatic nitrogens is 1. The van der Waals surface area contributed by atoms with Crippen molar-refractivity contribution >= 4 is 40.2 Å². The fourth-order valence-electron chi connectivity index (χ4n) is 3.12. The molecule has 0 fully saturated rings. The van der Waals surface area contributed by atoms with Gasteiger partial charge in [0, 0.05) is 12.2 Å². The summed E-state index contributed by atoms with van der Waals surface area (Å²) >= 11 is 5.72. The van der Waals surface area contributed by atoms with Gasteiger partial charge in [-0.1, -0.05) is 48.0 Å². The number of benzene rings is 2. The number of amides is 1. The Labute approximate surface area is 165 Å². The Morgan fingerprint density at radius 2 is 1.82 bits per heavy atom. The van der Waals surface area contributed by atoms with Crippen molar-refractivity contribution in [1.29, 1.82) is 0 Å². The van der Waals surface area contributed by atoms with E-state index in [1.165, 1.54) is 6.07 Å². The molecule has 3 N–H and O–H groups in total. The van der Waals surface area contributed by atoms with Crippen LogP contribution >= 0.6 is 11.6 Å². The first kappa shape index (κ1) is 19.4. The minimum Gasteiger partial charge on any atom is -0.478 e. The molecule has 0 saturated carbocycles. The topological polar surface area (TPSA) is 112 Å². The van der Waals surface area contributed by atoms with Crippen LogP contribution in [0.15, 0.2) is 48.5 Å². The quantitative estimate of drug-likeness (QED) is 0.360. The third-order valence-corrected chi connectivity index (χ3v) is 4.65. The number of hydrogen-bond acceptors (Lipinski definition) is 4. The number of primary amides is 1. The number of ketones is 1. The molecule has 1 amide bonds. The lowest BCUT2D eigenvalue weighted by atomic mass is 10.1. The van der Waals surface area contributed by atoms with Crippen molar-refractivity contribution in [2.45, 2.75) is 19.0 Å². The molecule has 1 aromatic heterocycles. The number of aliphatic carboxylic acids is 1. The zero-order valence-corrected chi connectivity index (χ0v) is 15.6. The Hall–Kier alpha value is -3.32. The molecule has 3 aromatic rings. The molecule has 3 rings (SSSR count). The standard InChI is InChI=1S/C20H17ClN2O5/c1-11-15(17(24)19(22)25)16-13(23(11)10-12-6-3-2-4-7-12)8-5-9-14(16)28-18(21)20(26)27/h2-9,18H,10H2,1H3,(H2,22,25)(H,26,27). The van der Waals surface area contributed by atoms with E-state index in [0.29, 0.717) is 23.1 Å². The van der Waals surface area contributed by atoms with Gasteiger partial charge in [-0.25, -0.2) is 4.79 Å². The predicted octanol–water partition coefficient (Wildman–Crippen LogP) is 2.69. The summed E-state index contributed by atoms with van der Waals surface area (Å²) in [5.74, 6) is -3.29. The van der Waals surface area contributed by atoms with Gasteiger partial charge in [0.2, 0.25) is 0 Å². The van der Waals surface area contributed by atoms with Crippen LogP contribution < -0.4 is 10.5 Å². The normalized spacial score (nSPS) is 11.9. The van der Waals surface area contributed by atoms with Crippen LogP contribution in [0.4, 0.5) is 0 Å². The molecule has 1 atom stereocenters. The first-order valence-electron chi connectivity index (χ1n) is 8.34. The van der Waals surface area contributed by atoms with Crippen molar-refractivity contribution in [3.8, 4) is 5.75 Å². The lowest BCUT2D eigenvalue weighted by molar-refractivity contribution is -0.141. The van der Waals surface area contributed by atoms with Gasteiger partial charge in [-0.2, -0.15) is 0 Å². The average Bonchev–Trinajstić information content (AvgIpc) is 2.94. The molecule has 144 valence electrons. The second kappa shape index (κ2) is 7.74. The summed E-state index contributed by atoms with van der Waals surface area (Å²) in [4.78, 5) is 35.2. The average molecular weight is 401 g/mol. The molecule has 0 radical (unpaired) electrons. The highest BCUT2D eigenvalue weighted by atomic mass is 35.5. The number of nitrogens with two attached hydrogens (primary N) is 1. The molecule has 28 heavy (non-hydrogen) atoms. The molecule has 2 aromatic carbocycles. The summed E-state index contributed by atoms with van der Waals surface area (Å²) in [6.45, 7) is 2.13. The zero-order chi connectivity index (χ0) is 20.4. The Morgan fingerprint density at radius 1 is 1.14 bits per heavy atom. The van der Waals surface area contributed by atoms with Crippen LogP contribution in [0, 0.1) is 6.92 Å². The van der Waals surface area contributed by atoms with E-state index in [0.717, 1.165) is 5.56 Å². The van der Waals surface area contributed by atoms with Crippen LogP contribution in [-0.4, -0.2) is 32.9 Å². The van der Waals surface area contributed by atoms with Crippen LogP contribution in [0.2, 0.25) is 0 Å². The van der Waals surface area contributed by atoms with E-state index in [4.69, 9.17) is 27.2 Å². The van der Waals surface area contributed by atoms with Gasteiger partial charge in [0.25, 0.3) is 17.3 Å². The van der Waals surface area contributed by atoms with Gasteiger partial charge in [-0.15, -0.1) is 0 Å². The molecule has 1 heterocycles. The second-order valence-electron chi connectivity index (χ2n) is 6.15. The summed E-state index contributed by atoms with van der Waals surface area (Å²) < 4.78 is 7.17. The van der Waals surface area contributed by atoms with Gasteiger partial charge >= 0.3 is 5.97 Å². The molecule has 7 nitrogen and oxygen atoms in total. The Kier molecular flexibility index (Phi) is 5.37. The second-order valence-corrected chi connectivity index (χ2v) is 6.54. The number of carbonyl (C=O) groups is 3. The molecule has 0 spiro atoms. The number of alkyl halides is 1. The van der Waals surface area contributed by atoms with Gasteiger partial charge in [-0.05, 0) is 24.6 Å². The molecule has 0 bridgehead atoms. The number of Topliss-reactive ketones (excluding diaryl/α,β-unsaturated/α-hetero) is 1. The fraction of sp³-hybridized carbons (Fsp3) is 0.150. The molecule has 8 heteroatoms. The highest BCUT2D eigenvalue weighted by Crippen LogP contribution is 2.35. The molecule has 1 unspecified atom stereocenters. The Balaban J connectivity index is 2.25. The number of rotatable bonds is 7. The van der Waals surface area contributed by atoms with Gasteiger partial charge in [0.05, 0.1) is 16.5 Å². The largest absolute Gasteiger partial charge is 0.478 e. The number of carboxylic acid groups (broad SMARTS) is 1. The molecule has 0 saturated heterocycles. The zero-order valence-electron chi connectivity index (χ0n) is 14.9. The predicted molar refractivity (Wildman–Crippen MR) is 104 cm³/mol. The maximum atomic E-state index is 12.5. The fourth-order valence-corrected chi connectivity index (χ4v) is 3.22. The summed E-state index contributed by atoms with van der Waals surface area (Å²) in [5, 5.41) is 9.33. The minimum absolute atomic E-state index is 0.0725. The SMILES string of the molecule is Cc1c(C(=O)C(N)=O)c2c(OC(Cl)C(=O)O)cccc2n1Cc1ccccc1. The van der Waals surface area contributed by atoms with Crippen LogP contribution in [0.3, 0.4) is 0 Å². The highest BCUT2D eigenvalue weighted by Gasteiger charge is 2.27. The van der Waals surface area contributed by atoms with E-state index >= 15 is 0 Å². The smallest absolute Gasteiger partial charge is 0.360 e. The van der Waals surface area contributed by atoms with E-state index in [2.05, 4.69) is 0 Å². The number of hydrogen-bond donors (Lipinski definition) is 2. The number of carboxylic acids is 1. The van der Waals surface area contributed by atoms with Crippen LogP contribution in [0.5, 0.6) is 5.75 Å². The number of carbonyl (C=O) groups excluding carboxylic acids is 2. The lowest BCUT2D eigenvalue weighted by Crippen LogP contribution is -2.24. The summed E-state index contributed by atoms with van der Waals surface area (Å²) in [5.41, 5.74) is 5.74. The van der Waals surface area contributed by atoms with E-state index in [9.17, 15) is 14.4 Å². The van der Waals surface area contributed by atoms with Gasteiger partial charge in [0.1, 0.15) is 5.75 Å². The van der Waals surface area contributed by atoms with Crippen molar-refractivity contribution in [3.63, 3.8) is 0 Å². The van der Waals surface area contributed by atoms with E-state index in [1.54, 1.807) is 19.1 Å². The van der Waals surface area contributed by atoms with Crippen molar-refractivity contribution in [1.82, 2.24) is 4.57 Å². The number of nitrogens with zero attached hydrogens (tertiary/aromatic N) is 1. The summed E-state index contributed by atoms with van der Waals surface area (Å²) in [7, 11) is 0. The van der Waals surface area contributed by atoms with Crippen LogP contribution in [0.25, 0.3) is 10.9 Å². The number of fused-ring (bicyclic) bond motifs is 1. The summed E-state index contributed by atoms with van der Waals surface area (Å²) in [6.07, 6.45) is 0. The molecule has 0 aliphatic heterocycles. The minimum atomic E-state index is -1.65. The monoisotopic (exact) mass is 400 g/mol. The van der Waals surface area contributed by atoms with E-state index in [1.807, 2.05) is 34.9 Å². The maximum Gasteiger partial charge on any atom is 0.360 e. The van der Waals surface area contributed by atoms with Crippen molar-refractivity contribution < 1.29 is 24.2 Å². The lowest BCUT2D eigenvalue weighted by Gasteiger charge is -2.11. The van der Waals surface area contributed by atoms with Crippen LogP contribution in [0.1, 0.15) is 21.6 Å². The van der Waals surface area contributed by atoms with Gasteiger partial charge in [0.15, 0.2) is 0 Å². The first-order chi connectivity index (χ1) is 13.3. The highest BCUT2D eigenvalue weighted by molar-refractivity contribution is 6.45. The number of ether oxygens (including phenoxy) is 1.